The second-order valence-corrected chi connectivity index (χ2v) is 6.79. The first-order chi connectivity index (χ1) is 13.9. The number of rotatable bonds is 6. The number of amides is 2. The minimum absolute atomic E-state index is 0.0186. The lowest BCUT2D eigenvalue weighted by Gasteiger charge is -2.09. The van der Waals surface area contributed by atoms with Crippen LogP contribution in [0.15, 0.2) is 42.5 Å². The molecule has 0 fully saturated rings. The Labute approximate surface area is 169 Å². The average Bonchev–Trinajstić information content (AvgIpc) is 3.05. The third-order valence-corrected chi connectivity index (χ3v) is 4.72. The van der Waals surface area contributed by atoms with Crippen molar-refractivity contribution in [3.63, 3.8) is 0 Å². The van der Waals surface area contributed by atoms with Gasteiger partial charge in [0, 0.05) is 11.4 Å². The molecule has 0 saturated carbocycles. The molecule has 3 aromatic rings. The lowest BCUT2D eigenvalue weighted by Crippen LogP contribution is -2.21. The molecule has 0 aliphatic heterocycles. The molecular weight excluding hydrogens is 368 g/mol. The Balaban J connectivity index is 1.69. The topological polar surface area (TPSA) is 115 Å². The van der Waals surface area contributed by atoms with Crippen LogP contribution in [0.2, 0.25) is 0 Å². The zero-order chi connectivity index (χ0) is 21.0. The number of nitrogens with two attached hydrogens (primary N) is 1. The van der Waals surface area contributed by atoms with E-state index >= 15 is 0 Å². The van der Waals surface area contributed by atoms with Gasteiger partial charge in [-0.25, -0.2) is 4.68 Å². The molecule has 8 nitrogen and oxygen atoms in total. The SMILES string of the molecule is CCc1ccccc1NC(=O)c1nnn(CC(=O)Nc2ccc(C)c(C)c2)c1N. The summed E-state index contributed by atoms with van der Waals surface area (Å²) in [6.45, 7) is 5.83. The smallest absolute Gasteiger partial charge is 0.280 e. The summed E-state index contributed by atoms with van der Waals surface area (Å²) < 4.78 is 1.21. The van der Waals surface area contributed by atoms with Gasteiger partial charge in [0.05, 0.1) is 0 Å². The predicted molar refractivity (Wildman–Crippen MR) is 113 cm³/mol. The van der Waals surface area contributed by atoms with E-state index in [1.54, 1.807) is 0 Å². The molecule has 1 heterocycles. The first kappa shape index (κ1) is 20.1. The van der Waals surface area contributed by atoms with Crippen LogP contribution in [-0.4, -0.2) is 26.8 Å². The van der Waals surface area contributed by atoms with Crippen LogP contribution in [0.5, 0.6) is 0 Å². The minimum Gasteiger partial charge on any atom is -0.382 e. The van der Waals surface area contributed by atoms with Crippen LogP contribution in [0.3, 0.4) is 0 Å². The number of aryl methyl sites for hydroxylation is 3. The number of hydrogen-bond donors (Lipinski definition) is 3. The number of aromatic nitrogens is 3. The second-order valence-electron chi connectivity index (χ2n) is 6.79. The molecule has 0 unspecified atom stereocenters. The molecule has 0 radical (unpaired) electrons. The van der Waals surface area contributed by atoms with E-state index in [0.29, 0.717) is 11.4 Å². The summed E-state index contributed by atoms with van der Waals surface area (Å²) in [6.07, 6.45) is 0.775. The Morgan fingerprint density at radius 3 is 2.55 bits per heavy atom. The molecule has 3 rings (SSSR count). The lowest BCUT2D eigenvalue weighted by molar-refractivity contribution is -0.116. The van der Waals surface area contributed by atoms with E-state index < -0.39 is 5.91 Å². The van der Waals surface area contributed by atoms with Crippen molar-refractivity contribution in [1.82, 2.24) is 15.0 Å². The number of nitrogen functional groups attached to an aromatic ring is 1. The summed E-state index contributed by atoms with van der Waals surface area (Å²) >= 11 is 0. The maximum absolute atomic E-state index is 12.6. The van der Waals surface area contributed by atoms with Crippen molar-refractivity contribution < 1.29 is 9.59 Å². The molecule has 1 aromatic heterocycles. The van der Waals surface area contributed by atoms with Crippen LogP contribution >= 0.6 is 0 Å². The van der Waals surface area contributed by atoms with Crippen molar-refractivity contribution in [2.75, 3.05) is 16.4 Å². The van der Waals surface area contributed by atoms with E-state index in [9.17, 15) is 9.59 Å². The molecule has 2 aromatic carbocycles. The molecule has 0 atom stereocenters. The van der Waals surface area contributed by atoms with Gasteiger partial charge in [-0.1, -0.05) is 36.4 Å². The first-order valence-corrected chi connectivity index (χ1v) is 9.34. The number of carbonyl (C=O) groups excluding carboxylic acids is 2. The maximum atomic E-state index is 12.6. The highest BCUT2D eigenvalue weighted by Crippen LogP contribution is 2.18. The molecule has 0 aliphatic carbocycles. The van der Waals surface area contributed by atoms with Gasteiger partial charge in [0.15, 0.2) is 11.5 Å². The fourth-order valence-corrected chi connectivity index (χ4v) is 2.89. The van der Waals surface area contributed by atoms with Crippen LogP contribution in [0, 0.1) is 13.8 Å². The largest absolute Gasteiger partial charge is 0.382 e. The van der Waals surface area contributed by atoms with Crippen LogP contribution in [0.4, 0.5) is 17.2 Å². The Hall–Kier alpha value is -3.68. The standard InChI is InChI=1S/C21H24N6O2/c1-4-15-7-5-6-8-17(15)24-21(29)19-20(22)27(26-25-19)12-18(28)23-16-10-9-13(2)14(3)11-16/h5-11H,4,12,22H2,1-3H3,(H,23,28)(H,24,29). The summed E-state index contributed by atoms with van der Waals surface area (Å²) in [4.78, 5) is 24.9. The Morgan fingerprint density at radius 1 is 1.07 bits per heavy atom. The van der Waals surface area contributed by atoms with E-state index in [4.69, 9.17) is 5.73 Å². The molecule has 29 heavy (non-hydrogen) atoms. The minimum atomic E-state index is -0.468. The predicted octanol–water partition coefficient (Wildman–Crippen LogP) is 2.93. The summed E-state index contributed by atoms with van der Waals surface area (Å²) in [5.41, 5.74) is 10.6. The summed E-state index contributed by atoms with van der Waals surface area (Å²) in [6, 6.07) is 13.2. The molecule has 0 spiro atoms. The fourth-order valence-electron chi connectivity index (χ4n) is 2.89. The fraction of sp³-hybridized carbons (Fsp3) is 0.238. The van der Waals surface area contributed by atoms with Crippen LogP contribution in [-0.2, 0) is 17.8 Å². The third-order valence-electron chi connectivity index (χ3n) is 4.72. The van der Waals surface area contributed by atoms with Crippen molar-refractivity contribution in [3.05, 3.63) is 64.8 Å². The van der Waals surface area contributed by atoms with E-state index in [0.717, 1.165) is 23.1 Å². The highest BCUT2D eigenvalue weighted by atomic mass is 16.2. The molecule has 0 saturated heterocycles. The van der Waals surface area contributed by atoms with Gasteiger partial charge in [0.1, 0.15) is 6.54 Å². The van der Waals surface area contributed by atoms with Gasteiger partial charge >= 0.3 is 0 Å². The maximum Gasteiger partial charge on any atom is 0.280 e. The van der Waals surface area contributed by atoms with Gasteiger partial charge in [0.2, 0.25) is 5.91 Å². The lowest BCUT2D eigenvalue weighted by atomic mass is 10.1. The number of carbonyl (C=O) groups is 2. The summed E-state index contributed by atoms with van der Waals surface area (Å²) in [5.74, 6) is -0.746. The summed E-state index contributed by atoms with van der Waals surface area (Å²) in [7, 11) is 0. The van der Waals surface area contributed by atoms with Gasteiger partial charge in [0.25, 0.3) is 5.91 Å². The van der Waals surface area contributed by atoms with E-state index in [1.165, 1.54) is 4.68 Å². The van der Waals surface area contributed by atoms with Crippen LogP contribution < -0.4 is 16.4 Å². The quantitative estimate of drug-likeness (QED) is 0.597. The normalized spacial score (nSPS) is 10.6. The third kappa shape index (κ3) is 4.60. The van der Waals surface area contributed by atoms with Crippen molar-refractivity contribution in [1.29, 1.82) is 0 Å². The zero-order valence-corrected chi connectivity index (χ0v) is 16.7. The molecule has 8 heteroatoms. The Morgan fingerprint density at radius 2 is 1.83 bits per heavy atom. The summed E-state index contributed by atoms with van der Waals surface area (Å²) in [5, 5.41) is 13.3. The van der Waals surface area contributed by atoms with Crippen LogP contribution in [0.1, 0.15) is 34.1 Å². The van der Waals surface area contributed by atoms with Crippen LogP contribution in [0.25, 0.3) is 0 Å². The number of hydrogen-bond acceptors (Lipinski definition) is 5. The van der Waals surface area contributed by atoms with E-state index in [2.05, 4.69) is 20.9 Å². The molecule has 4 N–H and O–H groups in total. The van der Waals surface area contributed by atoms with Gasteiger partial charge in [-0.05, 0) is 55.2 Å². The Kier molecular flexibility index (Phi) is 5.92. The van der Waals surface area contributed by atoms with Gasteiger partial charge < -0.3 is 16.4 Å². The Bertz CT molecular complexity index is 1060. The van der Waals surface area contributed by atoms with E-state index in [-0.39, 0.29) is 24.0 Å². The van der Waals surface area contributed by atoms with E-state index in [1.807, 2.05) is 63.2 Å². The van der Waals surface area contributed by atoms with Crippen molar-refractivity contribution in [2.24, 2.45) is 0 Å². The zero-order valence-electron chi connectivity index (χ0n) is 16.7. The monoisotopic (exact) mass is 392 g/mol. The number of para-hydroxylation sites is 1. The highest BCUT2D eigenvalue weighted by molar-refractivity contribution is 6.06. The average molecular weight is 392 g/mol. The van der Waals surface area contributed by atoms with Gasteiger partial charge in [-0.3, -0.25) is 9.59 Å². The first-order valence-electron chi connectivity index (χ1n) is 9.34. The van der Waals surface area contributed by atoms with Gasteiger partial charge in [-0.15, -0.1) is 5.10 Å². The number of nitrogens with zero attached hydrogens (tertiary/aromatic N) is 3. The van der Waals surface area contributed by atoms with Crippen molar-refractivity contribution >= 4 is 29.0 Å². The molecule has 0 aliphatic rings. The molecular formula is C21H24N6O2. The van der Waals surface area contributed by atoms with Crippen molar-refractivity contribution in [3.8, 4) is 0 Å². The number of benzene rings is 2. The highest BCUT2D eigenvalue weighted by Gasteiger charge is 2.19. The van der Waals surface area contributed by atoms with Crippen molar-refractivity contribution in [2.45, 2.75) is 33.7 Å². The molecule has 150 valence electrons. The molecule has 2 amide bonds. The van der Waals surface area contributed by atoms with Gasteiger partial charge in [-0.2, -0.15) is 0 Å². The number of anilines is 3. The number of nitrogens with one attached hydrogen (secondary N) is 2. The molecule has 0 bridgehead atoms. The second kappa shape index (κ2) is 8.55.